The molecule has 0 rings (SSSR count). The molecule has 0 fully saturated rings. The lowest BCUT2D eigenvalue weighted by Gasteiger charge is -1.80. The van der Waals surface area contributed by atoms with E-state index in [0.29, 0.717) is 0 Å². The van der Waals surface area contributed by atoms with Gasteiger partial charge in [-0.2, -0.15) is 0 Å². The molecule has 6 heavy (non-hydrogen) atoms. The fourth-order valence-electron chi connectivity index (χ4n) is 0.0510. The number of esters is 1. The first-order valence-electron chi connectivity index (χ1n) is 1.82. The number of terminal acetylenes is 1. The van der Waals surface area contributed by atoms with E-state index in [4.69, 9.17) is 1.37 Å². The van der Waals surface area contributed by atoms with Crippen LogP contribution in [-0.2, 0) is 9.53 Å². The van der Waals surface area contributed by atoms with Gasteiger partial charge in [-0.05, 0) is 0 Å². The van der Waals surface area contributed by atoms with Gasteiger partial charge in [0.2, 0.25) is 0 Å². The molecule has 2 nitrogen and oxygen atoms in total. The van der Waals surface area contributed by atoms with Gasteiger partial charge in [-0.15, -0.1) is 6.40 Å². The second-order valence-electron chi connectivity index (χ2n) is 0.617. The van der Waals surface area contributed by atoms with Gasteiger partial charge in [-0.1, -0.05) is 0 Å². The van der Waals surface area contributed by atoms with Gasteiger partial charge in [-0.25, -0.2) is 4.79 Å². The summed E-state index contributed by atoms with van der Waals surface area (Å²) in [6.45, 7) is 0. The quantitative estimate of drug-likeness (QED) is 0.231. The molecule has 0 aliphatic rings. The molecule has 0 saturated heterocycles. The van der Waals surface area contributed by atoms with E-state index in [2.05, 4.69) is 4.74 Å². The maximum atomic E-state index is 9.90. The van der Waals surface area contributed by atoms with Crippen LogP contribution in [0.5, 0.6) is 0 Å². The normalized spacial score (nSPS) is 7.17. The van der Waals surface area contributed by atoms with Crippen molar-refractivity contribution in [3.05, 3.63) is 0 Å². The molecule has 0 amide bonds. The monoisotopic (exact) mass is 85.0 g/mol. The Bertz CT molecular complexity index is 119. The van der Waals surface area contributed by atoms with Crippen molar-refractivity contribution in [3.8, 4) is 12.3 Å². The summed E-state index contributed by atoms with van der Waals surface area (Å²) in [5.41, 5.74) is 0. The van der Waals surface area contributed by atoms with Crippen molar-refractivity contribution >= 4 is 5.97 Å². The summed E-state index contributed by atoms with van der Waals surface area (Å²) >= 11 is 0. The molecule has 0 radical (unpaired) electrons. The van der Waals surface area contributed by atoms with E-state index in [-0.39, 0.29) is 0 Å². The van der Waals surface area contributed by atoms with Crippen molar-refractivity contribution in [2.24, 2.45) is 0 Å². The minimum Gasteiger partial charge on any atom is -0.459 e. The van der Waals surface area contributed by atoms with Crippen molar-refractivity contribution in [1.82, 2.24) is 0 Å². The number of rotatable bonds is 0. The van der Waals surface area contributed by atoms with Gasteiger partial charge in [0.1, 0.15) is 1.37 Å². The van der Waals surface area contributed by atoms with Crippen LogP contribution < -0.4 is 0 Å². The summed E-state index contributed by atoms with van der Waals surface area (Å²) in [5, 5.41) is 0. The molecule has 0 unspecified atom stereocenters. The second kappa shape index (κ2) is 2.28. The summed E-state index contributed by atoms with van der Waals surface area (Å²) in [6, 6.07) is 0. The smallest absolute Gasteiger partial charge is 0.383 e. The number of hydrogen-bond acceptors (Lipinski definition) is 2. The van der Waals surface area contributed by atoms with Crippen LogP contribution in [0.2, 0.25) is 0 Å². The first-order valence-corrected chi connectivity index (χ1v) is 1.32. The van der Waals surface area contributed by atoms with Gasteiger partial charge >= 0.3 is 5.97 Å². The Labute approximate surface area is 37.5 Å². The van der Waals surface area contributed by atoms with Gasteiger partial charge < -0.3 is 4.74 Å². The van der Waals surface area contributed by atoms with E-state index in [1.165, 1.54) is 7.11 Å². The molecule has 0 aromatic heterocycles. The Morgan fingerprint density at radius 2 is 3.00 bits per heavy atom. The highest BCUT2D eigenvalue weighted by atomic mass is 16.5. The maximum absolute atomic E-state index is 9.90. The van der Waals surface area contributed by atoms with Gasteiger partial charge in [0, 0.05) is 5.92 Å². The van der Waals surface area contributed by atoms with Crippen LogP contribution in [0.3, 0.4) is 0 Å². The third-order valence-electron chi connectivity index (χ3n) is 0.287. The van der Waals surface area contributed by atoms with Crippen LogP contribution in [0, 0.1) is 12.3 Å². The third-order valence-corrected chi connectivity index (χ3v) is 0.287. The minimum atomic E-state index is -0.671. The largest absolute Gasteiger partial charge is 0.459 e. The van der Waals surface area contributed by atoms with Crippen LogP contribution in [0.15, 0.2) is 0 Å². The van der Waals surface area contributed by atoms with E-state index in [9.17, 15) is 4.79 Å². The molecule has 0 aliphatic carbocycles. The lowest BCUT2D eigenvalue weighted by molar-refractivity contribution is -0.133. The highest BCUT2D eigenvalue weighted by Crippen LogP contribution is 1.61. The molecule has 2 heteroatoms. The van der Waals surface area contributed by atoms with Gasteiger partial charge in [-0.3, -0.25) is 0 Å². The van der Waals surface area contributed by atoms with E-state index < -0.39 is 5.97 Å². The number of ether oxygens (including phenoxy) is 1. The average molecular weight is 85.1 g/mol. The van der Waals surface area contributed by atoms with Crippen LogP contribution in [0.1, 0.15) is 1.37 Å². The van der Waals surface area contributed by atoms with Crippen LogP contribution >= 0.6 is 0 Å². The second-order valence-corrected chi connectivity index (χ2v) is 0.617. The van der Waals surface area contributed by atoms with Crippen molar-refractivity contribution in [3.63, 3.8) is 0 Å². The van der Waals surface area contributed by atoms with Crippen molar-refractivity contribution < 1.29 is 10.9 Å². The number of hydrogen-bond donors (Lipinski definition) is 0. The van der Waals surface area contributed by atoms with Gasteiger partial charge in [0.05, 0.1) is 7.11 Å². The predicted molar refractivity (Wildman–Crippen MR) is 20.8 cm³/mol. The van der Waals surface area contributed by atoms with Crippen LogP contribution in [0.25, 0.3) is 0 Å². The molecule has 0 aromatic carbocycles. The van der Waals surface area contributed by atoms with E-state index in [1.54, 1.807) is 6.40 Å². The Morgan fingerprint density at radius 1 is 2.33 bits per heavy atom. The van der Waals surface area contributed by atoms with E-state index in [0.717, 1.165) is 0 Å². The number of carbonyl (C=O) groups excluding carboxylic acids is 1. The third kappa shape index (κ3) is 1.36. The highest BCUT2D eigenvalue weighted by Gasteiger charge is 1.82. The maximum Gasteiger partial charge on any atom is 0.383 e. The van der Waals surface area contributed by atoms with Crippen molar-refractivity contribution in [2.45, 2.75) is 0 Å². The van der Waals surface area contributed by atoms with E-state index in [1.807, 2.05) is 5.92 Å². The molecule has 0 N–H and O–H groups in total. The summed E-state index contributed by atoms with van der Waals surface area (Å²) < 4.78 is 10.2. The Morgan fingerprint density at radius 3 is 3.17 bits per heavy atom. The molecule has 0 aromatic rings. The number of methoxy groups -OCH3 is 1. The molecule has 0 aliphatic heterocycles. The Hall–Kier alpha value is -0.970. The Balaban J connectivity index is 3.52. The minimum absolute atomic E-state index is 0.671. The summed E-state index contributed by atoms with van der Waals surface area (Å²) in [7, 11) is 1.21. The standard InChI is InChI=1S/C4H4O2/c1-3-4(5)6-2/h1H,2H3/i1D. The molecular formula is C4H4O2. The summed E-state index contributed by atoms with van der Waals surface area (Å²) in [6.07, 6.45) is 1.64. The first-order chi connectivity index (χ1) is 3.31. The zero-order valence-corrected chi connectivity index (χ0v) is 3.32. The zero-order chi connectivity index (χ0) is 5.70. The zero-order valence-electron chi connectivity index (χ0n) is 4.32. The van der Waals surface area contributed by atoms with Crippen molar-refractivity contribution in [2.75, 3.05) is 7.11 Å². The lowest BCUT2D eigenvalue weighted by atomic mass is 10.7. The predicted octanol–water partition coefficient (Wildman–Crippen LogP) is -0.207. The highest BCUT2D eigenvalue weighted by molar-refractivity contribution is 5.87. The molecule has 0 bridgehead atoms. The summed E-state index contributed by atoms with van der Waals surface area (Å²) in [5.74, 6) is 1.18. The topological polar surface area (TPSA) is 26.3 Å². The molecule has 0 heterocycles. The van der Waals surface area contributed by atoms with Crippen LogP contribution in [0.4, 0.5) is 0 Å². The fourth-order valence-corrected chi connectivity index (χ4v) is 0.0510. The summed E-state index contributed by atoms with van der Waals surface area (Å²) in [4.78, 5) is 9.90. The Kier molecular flexibility index (Phi) is 1.23. The van der Waals surface area contributed by atoms with Gasteiger partial charge in [0.15, 0.2) is 0 Å². The fraction of sp³-hybridized carbons (Fsp3) is 0.250. The average Bonchev–Trinajstić information content (AvgIpc) is 1.68. The first kappa shape index (κ1) is 3.23. The van der Waals surface area contributed by atoms with Gasteiger partial charge in [0.25, 0.3) is 0 Å². The molecule has 0 saturated carbocycles. The van der Waals surface area contributed by atoms with Crippen molar-refractivity contribution in [1.29, 1.82) is 0 Å². The lowest BCUT2D eigenvalue weighted by Crippen LogP contribution is -1.92. The molecule has 0 atom stereocenters. The molecule has 0 spiro atoms. The molecule has 32 valence electrons. The van der Waals surface area contributed by atoms with E-state index >= 15 is 0 Å². The van der Waals surface area contributed by atoms with Crippen LogP contribution in [-0.4, -0.2) is 13.1 Å². The number of carbonyl (C=O) groups is 1. The SMILES string of the molecule is [2H]C#CC(=O)OC. The molecular weight excluding hydrogens is 80.0 g/mol.